The maximum Gasteiger partial charge on any atom is 0.335 e. The summed E-state index contributed by atoms with van der Waals surface area (Å²) in [6.07, 6.45) is 0. The molecule has 0 saturated carbocycles. The summed E-state index contributed by atoms with van der Waals surface area (Å²) < 4.78 is 7.20. The third kappa shape index (κ3) is 2.91. The number of carboxylic acid groups (broad SMARTS) is 1. The van der Waals surface area contributed by atoms with Gasteiger partial charge in [0.05, 0.1) is 35.0 Å². The topological polar surface area (TPSA) is 93.5 Å². The number of nitrogens with zero attached hydrogens (tertiary/aromatic N) is 2. The van der Waals surface area contributed by atoms with Crippen molar-refractivity contribution in [3.63, 3.8) is 0 Å². The molecule has 7 nitrogen and oxygen atoms in total. The first-order chi connectivity index (χ1) is 11.9. The Morgan fingerprint density at radius 2 is 1.96 bits per heavy atom. The largest absolute Gasteiger partial charge is 0.496 e. The number of fused-ring (bicyclic) bond motifs is 1. The Morgan fingerprint density at radius 1 is 1.24 bits per heavy atom. The number of hydrogen-bond acceptors (Lipinski definition) is 4. The summed E-state index contributed by atoms with van der Waals surface area (Å²) in [4.78, 5) is 27.5. The number of ether oxygens (including phenoxy) is 1. The van der Waals surface area contributed by atoms with Gasteiger partial charge in [-0.2, -0.15) is 0 Å². The lowest BCUT2D eigenvalue weighted by atomic mass is 10.1. The van der Waals surface area contributed by atoms with Gasteiger partial charge in [0, 0.05) is 14.0 Å². The summed E-state index contributed by atoms with van der Waals surface area (Å²) in [5.74, 6) is -0.107. The predicted octanol–water partition coefficient (Wildman–Crippen LogP) is 2.91. The summed E-state index contributed by atoms with van der Waals surface area (Å²) in [6.45, 7) is 1.37. The number of rotatable bonds is 4. The highest BCUT2D eigenvalue weighted by molar-refractivity contribution is 6.04. The maximum atomic E-state index is 11.5. The lowest BCUT2D eigenvalue weighted by molar-refractivity contribution is -0.114. The number of aryl methyl sites for hydroxylation is 1. The highest BCUT2D eigenvalue weighted by Crippen LogP contribution is 2.34. The fourth-order valence-electron chi connectivity index (χ4n) is 2.83. The van der Waals surface area contributed by atoms with Crippen LogP contribution in [-0.2, 0) is 11.8 Å². The third-order valence-electron chi connectivity index (χ3n) is 3.87. The number of benzene rings is 2. The Hall–Kier alpha value is -3.35. The number of carboxylic acids is 1. The van der Waals surface area contributed by atoms with Gasteiger partial charge in [-0.05, 0) is 24.3 Å². The van der Waals surface area contributed by atoms with Gasteiger partial charge in [-0.3, -0.25) is 4.79 Å². The number of imidazole rings is 1. The van der Waals surface area contributed by atoms with Gasteiger partial charge in [-0.25, -0.2) is 9.78 Å². The van der Waals surface area contributed by atoms with Gasteiger partial charge in [0.25, 0.3) is 0 Å². The Labute approximate surface area is 143 Å². The number of anilines is 1. The molecule has 0 bridgehead atoms. The van der Waals surface area contributed by atoms with E-state index in [-0.39, 0.29) is 11.5 Å². The van der Waals surface area contributed by atoms with E-state index in [1.54, 1.807) is 7.11 Å². The molecule has 0 aliphatic carbocycles. The molecule has 0 unspecified atom stereocenters. The Kier molecular flexibility index (Phi) is 4.14. The molecule has 0 spiro atoms. The van der Waals surface area contributed by atoms with Crippen LogP contribution in [0.5, 0.6) is 5.75 Å². The normalized spacial score (nSPS) is 10.7. The van der Waals surface area contributed by atoms with Gasteiger partial charge in [0.1, 0.15) is 11.6 Å². The Balaban J connectivity index is 2.31. The fourth-order valence-corrected chi connectivity index (χ4v) is 2.83. The van der Waals surface area contributed by atoms with Gasteiger partial charge in [-0.1, -0.05) is 12.1 Å². The van der Waals surface area contributed by atoms with Crippen molar-refractivity contribution in [1.29, 1.82) is 0 Å². The van der Waals surface area contributed by atoms with Crippen molar-refractivity contribution < 1.29 is 19.4 Å². The third-order valence-corrected chi connectivity index (χ3v) is 3.87. The molecule has 0 radical (unpaired) electrons. The molecule has 2 N–H and O–H groups in total. The van der Waals surface area contributed by atoms with Crippen molar-refractivity contribution in [3.05, 3.63) is 42.0 Å². The highest BCUT2D eigenvalue weighted by Gasteiger charge is 2.19. The maximum absolute atomic E-state index is 11.5. The number of amides is 1. The molecule has 0 aliphatic heterocycles. The van der Waals surface area contributed by atoms with Gasteiger partial charge < -0.3 is 19.7 Å². The molecule has 0 saturated heterocycles. The first-order valence-electron chi connectivity index (χ1n) is 7.57. The predicted molar refractivity (Wildman–Crippen MR) is 94.0 cm³/mol. The van der Waals surface area contributed by atoms with Gasteiger partial charge >= 0.3 is 5.97 Å². The Morgan fingerprint density at radius 3 is 2.60 bits per heavy atom. The van der Waals surface area contributed by atoms with Gasteiger partial charge in [0.15, 0.2) is 0 Å². The molecule has 1 aromatic heterocycles. The average molecular weight is 339 g/mol. The summed E-state index contributed by atoms with van der Waals surface area (Å²) in [5.41, 5.74) is 2.35. The molecule has 3 aromatic rings. The molecular formula is C18H17N3O4. The number of aromatic nitrogens is 2. The van der Waals surface area contributed by atoms with Crippen LogP contribution in [0, 0.1) is 0 Å². The van der Waals surface area contributed by atoms with Crippen LogP contribution in [0.4, 0.5) is 5.69 Å². The van der Waals surface area contributed by atoms with Gasteiger partial charge in [0.2, 0.25) is 5.91 Å². The fraction of sp³-hybridized carbons (Fsp3) is 0.167. The highest BCUT2D eigenvalue weighted by atomic mass is 16.5. The van der Waals surface area contributed by atoms with Crippen LogP contribution in [0.2, 0.25) is 0 Å². The minimum absolute atomic E-state index is 0.0564. The number of carbonyl (C=O) groups is 2. The van der Waals surface area contributed by atoms with Crippen molar-refractivity contribution in [2.75, 3.05) is 12.4 Å². The van der Waals surface area contributed by atoms with E-state index < -0.39 is 5.97 Å². The lowest BCUT2D eigenvalue weighted by Crippen LogP contribution is -2.09. The standard InChI is InChI=1S/C18H17N3O4/c1-10(22)19-13-8-11(18(23)24)9-14-16(13)21(2)17(20-14)12-6-4-5-7-15(12)25-3/h4-9H,1-3H3,(H,19,22)(H,23,24). The number of hydrogen-bond donors (Lipinski definition) is 2. The van der Waals surface area contributed by atoms with Crippen molar-refractivity contribution in [1.82, 2.24) is 9.55 Å². The smallest absolute Gasteiger partial charge is 0.335 e. The number of methoxy groups -OCH3 is 1. The zero-order valence-electron chi connectivity index (χ0n) is 14.0. The molecule has 25 heavy (non-hydrogen) atoms. The minimum atomic E-state index is -1.09. The summed E-state index contributed by atoms with van der Waals surface area (Å²) in [6, 6.07) is 10.3. The monoisotopic (exact) mass is 339 g/mol. The van der Waals surface area contributed by atoms with Crippen LogP contribution >= 0.6 is 0 Å². The first-order valence-corrected chi connectivity index (χ1v) is 7.57. The van der Waals surface area contributed by atoms with E-state index in [2.05, 4.69) is 10.3 Å². The molecule has 0 aliphatic rings. The minimum Gasteiger partial charge on any atom is -0.496 e. The zero-order valence-corrected chi connectivity index (χ0v) is 14.0. The average Bonchev–Trinajstić information content (AvgIpc) is 2.91. The Bertz CT molecular complexity index is 991. The first kappa shape index (κ1) is 16.5. The number of para-hydroxylation sites is 1. The SMILES string of the molecule is COc1ccccc1-c1nc2cc(C(=O)O)cc(NC(C)=O)c2n1C. The van der Waals surface area contributed by atoms with E-state index in [9.17, 15) is 14.7 Å². The van der Waals surface area contributed by atoms with Crippen LogP contribution in [0.25, 0.3) is 22.4 Å². The van der Waals surface area contributed by atoms with Crippen LogP contribution in [0.3, 0.4) is 0 Å². The second-order valence-electron chi connectivity index (χ2n) is 5.57. The van der Waals surface area contributed by atoms with Crippen LogP contribution in [0.15, 0.2) is 36.4 Å². The molecular weight excluding hydrogens is 322 g/mol. The molecule has 2 aromatic carbocycles. The van der Waals surface area contributed by atoms with Gasteiger partial charge in [-0.15, -0.1) is 0 Å². The van der Waals surface area contributed by atoms with E-state index in [4.69, 9.17) is 4.74 Å². The number of aromatic carboxylic acids is 1. The molecule has 0 atom stereocenters. The van der Waals surface area contributed by atoms with E-state index in [0.717, 1.165) is 5.56 Å². The summed E-state index contributed by atoms with van der Waals surface area (Å²) >= 11 is 0. The summed E-state index contributed by atoms with van der Waals surface area (Å²) in [7, 11) is 3.38. The van der Waals surface area contributed by atoms with Crippen molar-refractivity contribution in [2.24, 2.45) is 7.05 Å². The van der Waals surface area contributed by atoms with E-state index in [1.807, 2.05) is 35.9 Å². The molecule has 3 rings (SSSR count). The second-order valence-corrected chi connectivity index (χ2v) is 5.57. The zero-order chi connectivity index (χ0) is 18.1. The van der Waals surface area contributed by atoms with E-state index >= 15 is 0 Å². The summed E-state index contributed by atoms with van der Waals surface area (Å²) in [5, 5.41) is 12.0. The van der Waals surface area contributed by atoms with E-state index in [0.29, 0.717) is 28.3 Å². The van der Waals surface area contributed by atoms with Crippen LogP contribution in [-0.4, -0.2) is 33.6 Å². The lowest BCUT2D eigenvalue weighted by Gasteiger charge is -2.10. The number of carbonyl (C=O) groups excluding carboxylic acids is 1. The molecule has 128 valence electrons. The van der Waals surface area contributed by atoms with Crippen LogP contribution < -0.4 is 10.1 Å². The number of nitrogens with one attached hydrogen (secondary N) is 1. The molecule has 1 amide bonds. The molecule has 1 heterocycles. The molecule has 0 fully saturated rings. The second kappa shape index (κ2) is 6.27. The van der Waals surface area contributed by atoms with Crippen molar-refractivity contribution in [3.8, 4) is 17.1 Å². The van der Waals surface area contributed by atoms with E-state index in [1.165, 1.54) is 19.1 Å². The van der Waals surface area contributed by atoms with Crippen molar-refractivity contribution in [2.45, 2.75) is 6.92 Å². The quantitative estimate of drug-likeness (QED) is 0.762. The molecule has 7 heteroatoms. The van der Waals surface area contributed by atoms with Crippen molar-refractivity contribution >= 4 is 28.6 Å². The van der Waals surface area contributed by atoms with Crippen LogP contribution in [0.1, 0.15) is 17.3 Å².